The maximum atomic E-state index is 12.3. The van der Waals surface area contributed by atoms with E-state index in [-0.39, 0.29) is 17.5 Å². The fraction of sp³-hybridized carbons (Fsp3) is 0.409. The van der Waals surface area contributed by atoms with Gasteiger partial charge in [-0.1, -0.05) is 32.3 Å². The van der Waals surface area contributed by atoms with Crippen LogP contribution in [0.2, 0.25) is 0 Å². The number of carbonyl (C=O) groups is 2. The molecular weight excluding hydrogens is 358 g/mol. The summed E-state index contributed by atoms with van der Waals surface area (Å²) in [6.07, 6.45) is 4.31. The zero-order chi connectivity index (χ0) is 20.4. The molecule has 0 bridgehead atoms. The van der Waals surface area contributed by atoms with Crippen LogP contribution in [0.4, 0.5) is 0 Å². The molecule has 0 atom stereocenters. The van der Waals surface area contributed by atoms with Gasteiger partial charge in [-0.05, 0) is 56.7 Å². The van der Waals surface area contributed by atoms with Gasteiger partial charge in [-0.3, -0.25) is 0 Å². The first-order chi connectivity index (χ1) is 13.5. The minimum Gasteiger partial charge on any atom is -0.494 e. The Kier molecular flexibility index (Phi) is 8.46. The predicted molar refractivity (Wildman–Crippen MR) is 106 cm³/mol. The highest BCUT2D eigenvalue weighted by molar-refractivity contribution is 5.92. The van der Waals surface area contributed by atoms with Gasteiger partial charge in [-0.25, -0.2) is 14.6 Å². The summed E-state index contributed by atoms with van der Waals surface area (Å²) in [6.45, 7) is 6.33. The second-order valence-electron chi connectivity index (χ2n) is 6.63. The van der Waals surface area contributed by atoms with Gasteiger partial charge >= 0.3 is 11.9 Å². The first kappa shape index (κ1) is 21.4. The van der Waals surface area contributed by atoms with E-state index < -0.39 is 11.9 Å². The van der Waals surface area contributed by atoms with Crippen LogP contribution in [0.15, 0.2) is 42.5 Å². The van der Waals surface area contributed by atoms with Crippen LogP contribution in [0.1, 0.15) is 67.4 Å². The van der Waals surface area contributed by atoms with Crippen molar-refractivity contribution in [3.05, 3.63) is 53.9 Å². The van der Waals surface area contributed by atoms with E-state index in [9.17, 15) is 9.59 Å². The Bertz CT molecular complexity index is 771. The number of nitrogens with zero attached hydrogens (tertiary/aromatic N) is 1. The van der Waals surface area contributed by atoms with Crippen LogP contribution in [0.3, 0.4) is 0 Å². The van der Waals surface area contributed by atoms with Crippen LogP contribution in [0.25, 0.3) is 0 Å². The van der Waals surface area contributed by atoms with Crippen molar-refractivity contribution in [2.24, 2.45) is 0 Å². The normalized spacial score (nSPS) is 10.6. The topological polar surface area (TPSA) is 74.7 Å². The third-order valence-corrected chi connectivity index (χ3v) is 3.81. The molecule has 0 spiro atoms. The Morgan fingerprint density at radius 2 is 1.54 bits per heavy atom. The van der Waals surface area contributed by atoms with E-state index in [1.807, 2.05) is 0 Å². The number of hydrogen-bond donors (Lipinski definition) is 0. The van der Waals surface area contributed by atoms with E-state index >= 15 is 0 Å². The Hall–Kier alpha value is -2.89. The van der Waals surface area contributed by atoms with Crippen molar-refractivity contribution in [3.8, 4) is 11.5 Å². The maximum Gasteiger partial charge on any atom is 0.362 e. The largest absolute Gasteiger partial charge is 0.494 e. The van der Waals surface area contributed by atoms with Gasteiger partial charge in [-0.15, -0.1) is 0 Å². The second-order valence-corrected chi connectivity index (χ2v) is 6.63. The highest BCUT2D eigenvalue weighted by Crippen LogP contribution is 2.19. The zero-order valence-electron chi connectivity index (χ0n) is 16.6. The molecule has 0 radical (unpaired) electrons. The van der Waals surface area contributed by atoms with Gasteiger partial charge in [0.2, 0.25) is 0 Å². The summed E-state index contributed by atoms with van der Waals surface area (Å²) < 4.78 is 16.1. The van der Waals surface area contributed by atoms with Crippen molar-refractivity contribution < 1.29 is 23.8 Å². The number of rotatable bonds is 10. The monoisotopic (exact) mass is 385 g/mol. The molecule has 0 aliphatic carbocycles. The Morgan fingerprint density at radius 1 is 0.893 bits per heavy atom. The van der Waals surface area contributed by atoms with Crippen molar-refractivity contribution >= 4 is 11.9 Å². The molecule has 0 fully saturated rings. The number of carbonyl (C=O) groups excluding carboxylic acids is 2. The smallest absolute Gasteiger partial charge is 0.362 e. The molecule has 2 rings (SSSR count). The molecule has 1 aromatic carbocycles. The van der Waals surface area contributed by atoms with Crippen molar-refractivity contribution in [2.45, 2.75) is 52.6 Å². The summed E-state index contributed by atoms with van der Waals surface area (Å²) in [5.41, 5.74) is 0.101. The quantitative estimate of drug-likeness (QED) is 0.331. The Labute approximate surface area is 165 Å². The standard InChI is InChI=1S/C22H27NO5/c1-4-5-6-7-15-26-17-11-13-18(14-12-17)28-22(25)20-10-8-9-19(23-20)21(24)27-16(2)3/h8-14,16H,4-7,15H2,1-3H3. The highest BCUT2D eigenvalue weighted by Gasteiger charge is 2.16. The van der Waals surface area contributed by atoms with Gasteiger partial charge in [0.1, 0.15) is 22.9 Å². The maximum absolute atomic E-state index is 12.3. The SMILES string of the molecule is CCCCCCOc1ccc(OC(=O)c2cccc(C(=O)OC(C)C)n2)cc1. The Morgan fingerprint density at radius 3 is 2.18 bits per heavy atom. The van der Waals surface area contributed by atoms with Crippen molar-refractivity contribution in [1.29, 1.82) is 0 Å². The van der Waals surface area contributed by atoms with Crippen LogP contribution < -0.4 is 9.47 Å². The minimum atomic E-state index is -0.646. The molecule has 0 amide bonds. The minimum absolute atomic E-state index is 0.0365. The molecule has 0 saturated heterocycles. The highest BCUT2D eigenvalue weighted by atomic mass is 16.5. The third kappa shape index (κ3) is 7.02. The molecule has 0 saturated carbocycles. The van der Waals surface area contributed by atoms with E-state index in [0.717, 1.165) is 18.6 Å². The Balaban J connectivity index is 1.91. The van der Waals surface area contributed by atoms with Gasteiger partial charge in [0.05, 0.1) is 12.7 Å². The lowest BCUT2D eigenvalue weighted by Gasteiger charge is -2.09. The molecule has 6 heteroatoms. The van der Waals surface area contributed by atoms with Crippen molar-refractivity contribution in [1.82, 2.24) is 4.98 Å². The predicted octanol–water partition coefficient (Wildman–Crippen LogP) is 4.83. The van der Waals surface area contributed by atoms with E-state index in [2.05, 4.69) is 11.9 Å². The van der Waals surface area contributed by atoms with Gasteiger partial charge < -0.3 is 14.2 Å². The molecule has 2 aromatic rings. The van der Waals surface area contributed by atoms with Gasteiger partial charge in [0.25, 0.3) is 0 Å². The van der Waals surface area contributed by atoms with E-state index in [0.29, 0.717) is 12.4 Å². The molecule has 1 aromatic heterocycles. The number of pyridine rings is 1. The molecule has 0 N–H and O–H groups in total. The summed E-state index contributed by atoms with van der Waals surface area (Å²) >= 11 is 0. The molecule has 0 unspecified atom stereocenters. The van der Waals surface area contributed by atoms with Crippen LogP contribution in [-0.4, -0.2) is 29.6 Å². The fourth-order valence-electron chi connectivity index (χ4n) is 2.42. The average Bonchev–Trinajstić information content (AvgIpc) is 2.68. The molecule has 0 aliphatic heterocycles. The van der Waals surface area contributed by atoms with Crippen LogP contribution in [0, 0.1) is 0 Å². The number of esters is 2. The molecule has 0 aliphatic rings. The lowest BCUT2D eigenvalue weighted by atomic mass is 10.2. The first-order valence-corrected chi connectivity index (χ1v) is 9.62. The molecule has 1 heterocycles. The molecular formula is C22H27NO5. The first-order valence-electron chi connectivity index (χ1n) is 9.62. The zero-order valence-corrected chi connectivity index (χ0v) is 16.6. The van der Waals surface area contributed by atoms with Crippen LogP contribution >= 0.6 is 0 Å². The summed E-state index contributed by atoms with van der Waals surface area (Å²) in [7, 11) is 0. The van der Waals surface area contributed by atoms with E-state index in [1.165, 1.54) is 25.0 Å². The second kappa shape index (κ2) is 11.1. The number of hydrogen-bond acceptors (Lipinski definition) is 6. The van der Waals surface area contributed by atoms with Gasteiger partial charge in [0, 0.05) is 0 Å². The summed E-state index contributed by atoms with van der Waals surface area (Å²) in [5.74, 6) is -0.120. The number of unbranched alkanes of at least 4 members (excludes halogenated alkanes) is 3. The van der Waals surface area contributed by atoms with Crippen molar-refractivity contribution in [3.63, 3.8) is 0 Å². The summed E-state index contributed by atoms with van der Waals surface area (Å²) in [6, 6.07) is 11.4. The lowest BCUT2D eigenvalue weighted by molar-refractivity contribution is 0.0370. The van der Waals surface area contributed by atoms with Gasteiger partial charge in [0.15, 0.2) is 0 Å². The number of benzene rings is 1. The summed E-state index contributed by atoms with van der Waals surface area (Å²) in [5, 5.41) is 0. The number of ether oxygens (including phenoxy) is 3. The lowest BCUT2D eigenvalue weighted by Crippen LogP contribution is -2.16. The third-order valence-electron chi connectivity index (χ3n) is 3.81. The molecule has 150 valence electrons. The van der Waals surface area contributed by atoms with Crippen molar-refractivity contribution in [2.75, 3.05) is 6.61 Å². The average molecular weight is 385 g/mol. The van der Waals surface area contributed by atoms with Gasteiger partial charge in [-0.2, -0.15) is 0 Å². The van der Waals surface area contributed by atoms with E-state index in [4.69, 9.17) is 14.2 Å². The summed E-state index contributed by atoms with van der Waals surface area (Å²) in [4.78, 5) is 28.3. The van der Waals surface area contributed by atoms with E-state index in [1.54, 1.807) is 44.2 Å². The fourth-order valence-corrected chi connectivity index (χ4v) is 2.42. The molecule has 28 heavy (non-hydrogen) atoms. The molecule has 6 nitrogen and oxygen atoms in total. The van der Waals surface area contributed by atoms with Crippen LogP contribution in [0.5, 0.6) is 11.5 Å². The number of aromatic nitrogens is 1. The van der Waals surface area contributed by atoms with Crippen LogP contribution in [-0.2, 0) is 4.74 Å².